The number of benzene rings is 1. The van der Waals surface area contributed by atoms with Gasteiger partial charge in [0.05, 0.1) is 10.6 Å². The van der Waals surface area contributed by atoms with Crippen molar-refractivity contribution in [2.75, 3.05) is 0 Å². The average Bonchev–Trinajstić information content (AvgIpc) is 2.00. The number of carbonyl (C=O) groups is 1. The molecule has 64 valence electrons. The molecule has 1 aromatic rings. The lowest BCUT2D eigenvalue weighted by Gasteiger charge is -2.01. The number of hydrogen-bond donors (Lipinski definition) is 0. The molecule has 0 aliphatic heterocycles. The van der Waals surface area contributed by atoms with E-state index in [-0.39, 0.29) is 10.6 Å². The minimum absolute atomic E-state index is 0.0542. The lowest BCUT2D eigenvalue weighted by atomic mass is 10.1. The van der Waals surface area contributed by atoms with Gasteiger partial charge < -0.3 is 0 Å². The minimum Gasteiger partial charge on any atom is -0.275 e. The topological polar surface area (TPSA) is 17.1 Å². The molecule has 1 aromatic carbocycles. The Hall–Kier alpha value is -0.600. The van der Waals surface area contributed by atoms with Gasteiger partial charge in [-0.05, 0) is 30.2 Å². The first-order valence-corrected chi connectivity index (χ1v) is 3.94. The molecule has 0 heterocycles. The van der Waals surface area contributed by atoms with Crippen LogP contribution in [0.3, 0.4) is 0 Å². The Morgan fingerprint density at radius 3 is 2.58 bits per heavy atom. The van der Waals surface area contributed by atoms with E-state index in [9.17, 15) is 9.18 Å². The van der Waals surface area contributed by atoms with Crippen LogP contribution < -0.4 is 0 Å². The maximum absolute atomic E-state index is 13.1. The number of hydrogen-bond acceptors (Lipinski definition) is 1. The molecule has 0 atom stereocenters. The van der Waals surface area contributed by atoms with Gasteiger partial charge in [-0.25, -0.2) is 4.39 Å². The number of rotatable bonds is 1. The summed E-state index contributed by atoms with van der Waals surface area (Å²) in [5.74, 6) is -0.753. The standard InChI is InChI=1S/C8H5Cl2FO/c1-4-2-3-5(8(10)12)7(11)6(4)9/h2-3H,1H3. The summed E-state index contributed by atoms with van der Waals surface area (Å²) < 4.78 is 13.1. The maximum Gasteiger partial charge on any atom is 0.255 e. The van der Waals surface area contributed by atoms with Crippen LogP contribution in [-0.4, -0.2) is 5.24 Å². The van der Waals surface area contributed by atoms with Gasteiger partial charge in [0.2, 0.25) is 0 Å². The molecule has 0 bridgehead atoms. The van der Waals surface area contributed by atoms with Gasteiger partial charge in [-0.3, -0.25) is 4.79 Å². The summed E-state index contributed by atoms with van der Waals surface area (Å²) in [6.45, 7) is 1.65. The van der Waals surface area contributed by atoms with Gasteiger partial charge in [-0.15, -0.1) is 0 Å². The Balaban J connectivity index is 3.36. The fourth-order valence-electron chi connectivity index (χ4n) is 0.798. The monoisotopic (exact) mass is 206 g/mol. The largest absolute Gasteiger partial charge is 0.275 e. The molecule has 0 unspecified atom stereocenters. The smallest absolute Gasteiger partial charge is 0.255 e. The third-order valence-corrected chi connectivity index (χ3v) is 2.15. The van der Waals surface area contributed by atoms with Crippen molar-refractivity contribution in [2.24, 2.45) is 0 Å². The van der Waals surface area contributed by atoms with Crippen LogP contribution in [0.15, 0.2) is 12.1 Å². The third-order valence-electron chi connectivity index (χ3n) is 1.49. The summed E-state index contributed by atoms with van der Waals surface area (Å²) in [7, 11) is 0. The highest BCUT2D eigenvalue weighted by Gasteiger charge is 2.13. The van der Waals surface area contributed by atoms with E-state index >= 15 is 0 Å². The van der Waals surface area contributed by atoms with Crippen molar-refractivity contribution in [2.45, 2.75) is 6.92 Å². The maximum atomic E-state index is 13.1. The summed E-state index contributed by atoms with van der Waals surface area (Å²) in [5.41, 5.74) is 0.392. The second kappa shape index (κ2) is 3.42. The van der Waals surface area contributed by atoms with Crippen molar-refractivity contribution in [3.8, 4) is 0 Å². The van der Waals surface area contributed by atoms with Crippen molar-refractivity contribution < 1.29 is 9.18 Å². The zero-order valence-corrected chi connectivity index (χ0v) is 7.71. The van der Waals surface area contributed by atoms with Gasteiger partial charge in [-0.2, -0.15) is 0 Å². The Morgan fingerprint density at radius 2 is 2.08 bits per heavy atom. The molecule has 0 aliphatic carbocycles. The molecular weight excluding hydrogens is 202 g/mol. The summed E-state index contributed by atoms with van der Waals surface area (Å²) in [4.78, 5) is 10.6. The van der Waals surface area contributed by atoms with Crippen molar-refractivity contribution in [3.63, 3.8) is 0 Å². The molecule has 0 saturated carbocycles. The lowest BCUT2D eigenvalue weighted by molar-refractivity contribution is 0.107. The second-order valence-electron chi connectivity index (χ2n) is 2.33. The highest BCUT2D eigenvalue weighted by molar-refractivity contribution is 6.67. The minimum atomic E-state index is -0.839. The van der Waals surface area contributed by atoms with Crippen LogP contribution in [0.2, 0.25) is 5.02 Å². The normalized spacial score (nSPS) is 10.0. The predicted octanol–water partition coefficient (Wildman–Crippen LogP) is 3.17. The van der Waals surface area contributed by atoms with Crippen LogP contribution in [0.5, 0.6) is 0 Å². The Labute approximate surface area is 79.1 Å². The summed E-state index contributed by atoms with van der Waals surface area (Å²) in [6.07, 6.45) is 0. The molecular formula is C8H5Cl2FO. The van der Waals surface area contributed by atoms with E-state index in [1.54, 1.807) is 13.0 Å². The molecule has 12 heavy (non-hydrogen) atoms. The number of aryl methyl sites for hydroxylation is 1. The molecule has 0 aromatic heterocycles. The van der Waals surface area contributed by atoms with Crippen LogP contribution in [0.25, 0.3) is 0 Å². The molecule has 0 fully saturated rings. The van der Waals surface area contributed by atoms with Gasteiger partial charge in [0.25, 0.3) is 5.24 Å². The third kappa shape index (κ3) is 1.59. The highest BCUT2D eigenvalue weighted by atomic mass is 35.5. The fraction of sp³-hybridized carbons (Fsp3) is 0.125. The van der Waals surface area contributed by atoms with Crippen molar-refractivity contribution >= 4 is 28.4 Å². The number of halogens is 3. The lowest BCUT2D eigenvalue weighted by Crippen LogP contribution is -1.96. The SMILES string of the molecule is Cc1ccc(C(=O)Cl)c(F)c1Cl. The van der Waals surface area contributed by atoms with Gasteiger partial charge in [0.1, 0.15) is 0 Å². The average molecular weight is 207 g/mol. The van der Waals surface area contributed by atoms with Crippen LogP contribution >= 0.6 is 23.2 Å². The number of carbonyl (C=O) groups excluding carboxylic acids is 1. The molecule has 0 spiro atoms. The summed E-state index contributed by atoms with van der Waals surface area (Å²) in [6, 6.07) is 2.85. The van der Waals surface area contributed by atoms with E-state index in [1.165, 1.54) is 6.07 Å². The molecule has 0 amide bonds. The van der Waals surface area contributed by atoms with E-state index in [4.69, 9.17) is 23.2 Å². The van der Waals surface area contributed by atoms with Gasteiger partial charge >= 0.3 is 0 Å². The zero-order chi connectivity index (χ0) is 9.30. The van der Waals surface area contributed by atoms with Crippen LogP contribution in [-0.2, 0) is 0 Å². The summed E-state index contributed by atoms with van der Waals surface area (Å²) in [5, 5.41) is -0.893. The predicted molar refractivity (Wildman–Crippen MR) is 46.3 cm³/mol. The van der Waals surface area contributed by atoms with E-state index in [0.29, 0.717) is 5.56 Å². The molecule has 0 radical (unpaired) electrons. The Kier molecular flexibility index (Phi) is 2.70. The van der Waals surface area contributed by atoms with E-state index in [2.05, 4.69) is 0 Å². The molecule has 0 N–H and O–H groups in total. The van der Waals surface area contributed by atoms with E-state index in [0.717, 1.165) is 0 Å². The van der Waals surface area contributed by atoms with Gasteiger partial charge in [0, 0.05) is 0 Å². The zero-order valence-electron chi connectivity index (χ0n) is 6.20. The van der Waals surface area contributed by atoms with Crippen molar-refractivity contribution in [1.29, 1.82) is 0 Å². The molecule has 4 heteroatoms. The van der Waals surface area contributed by atoms with E-state index in [1.807, 2.05) is 0 Å². The highest BCUT2D eigenvalue weighted by Crippen LogP contribution is 2.23. The van der Waals surface area contributed by atoms with Crippen LogP contribution in [0.1, 0.15) is 15.9 Å². The fourth-order valence-corrected chi connectivity index (χ4v) is 1.11. The first kappa shape index (κ1) is 9.49. The Bertz CT molecular complexity index is 336. The molecule has 0 aliphatic rings. The van der Waals surface area contributed by atoms with Gasteiger partial charge in [-0.1, -0.05) is 17.7 Å². The van der Waals surface area contributed by atoms with Crippen molar-refractivity contribution in [3.05, 3.63) is 34.1 Å². The Morgan fingerprint density at radius 1 is 1.50 bits per heavy atom. The quantitative estimate of drug-likeness (QED) is 0.646. The molecule has 1 nitrogen and oxygen atoms in total. The molecule has 0 saturated heterocycles. The van der Waals surface area contributed by atoms with Crippen LogP contribution in [0.4, 0.5) is 4.39 Å². The second-order valence-corrected chi connectivity index (χ2v) is 3.05. The first-order valence-electron chi connectivity index (χ1n) is 3.18. The summed E-state index contributed by atoms with van der Waals surface area (Å²) >= 11 is 10.6. The van der Waals surface area contributed by atoms with Crippen molar-refractivity contribution in [1.82, 2.24) is 0 Å². The van der Waals surface area contributed by atoms with E-state index < -0.39 is 11.1 Å². The van der Waals surface area contributed by atoms with Gasteiger partial charge in [0.15, 0.2) is 5.82 Å². The molecule has 1 rings (SSSR count). The van der Waals surface area contributed by atoms with Crippen LogP contribution in [0, 0.1) is 12.7 Å². The first-order chi connectivity index (χ1) is 5.54.